The van der Waals surface area contributed by atoms with Gasteiger partial charge in [0.15, 0.2) is 0 Å². The molecule has 0 rings (SSSR count). The fraction of sp³-hybridized carbons (Fsp3) is 1.00. The van der Waals surface area contributed by atoms with E-state index in [1.165, 1.54) is 0 Å². The first-order valence-electron chi connectivity index (χ1n) is 0. The van der Waals surface area contributed by atoms with Crippen LogP contribution in [-0.4, -0.2) is 0 Å². The molecule has 0 heterocycles. The Bertz CT molecular complexity index is 11.6. The second-order valence-electron chi connectivity index (χ2n) is 0. The van der Waals surface area contributed by atoms with Gasteiger partial charge in [-0.05, 0) is 0 Å². The maximum Gasteiger partial charge on any atom is 0 e. The van der Waals surface area contributed by atoms with Crippen LogP contribution in [0.25, 0.3) is 0 Å². The summed E-state index contributed by atoms with van der Waals surface area (Å²) in [6.45, 7) is 0. The van der Waals surface area contributed by atoms with Gasteiger partial charge in [-0.1, -0.05) is 7.43 Å². The molecule has 0 aromatic rings. The molecule has 0 saturated heterocycles. The molecule has 0 amide bonds. The summed E-state index contributed by atoms with van der Waals surface area (Å²) in [6, 6.07) is 0. The van der Waals surface area contributed by atoms with Gasteiger partial charge in [-0.15, -0.1) is 0 Å². The molecular formula is CH7CrFeMoP. The second kappa shape index (κ2) is 35.0. The Hall–Kier alpha value is 2.17. The Kier molecular flexibility index (Phi) is 406. The van der Waals surface area contributed by atoms with Crippen molar-refractivity contribution >= 4 is 9.90 Å². The smallest absolute Gasteiger partial charge is 0 e. The minimum atomic E-state index is 0. The molecule has 0 radical (unpaired) electrons. The van der Waals surface area contributed by atoms with Crippen molar-refractivity contribution < 1.29 is 55.5 Å². The van der Waals surface area contributed by atoms with E-state index in [0.29, 0.717) is 0 Å². The molecule has 0 nitrogen and oxygen atoms in total. The summed E-state index contributed by atoms with van der Waals surface area (Å²) >= 11 is 0. The van der Waals surface area contributed by atoms with Gasteiger partial charge in [-0.3, -0.25) is 0 Å². The van der Waals surface area contributed by atoms with Crippen LogP contribution in [-0.2, 0) is 55.5 Å². The molecule has 0 bridgehead atoms. The van der Waals surface area contributed by atoms with Crippen molar-refractivity contribution in [1.29, 1.82) is 0 Å². The normalized spacial score (nSPS) is 0. The Morgan fingerprint density at radius 1 is 1.00 bits per heavy atom. The third-order valence-corrected chi connectivity index (χ3v) is 0. The Morgan fingerprint density at radius 3 is 1.00 bits per heavy atom. The fourth-order valence-electron chi connectivity index (χ4n) is 0. The van der Waals surface area contributed by atoms with Crippen molar-refractivity contribution in [2.45, 2.75) is 7.43 Å². The zero-order valence-corrected chi connectivity index (χ0v) is 7.68. The molecule has 36 valence electrons. The zero-order chi connectivity index (χ0) is 0. The van der Waals surface area contributed by atoms with Crippen LogP contribution >= 0.6 is 9.90 Å². The van der Waals surface area contributed by atoms with E-state index in [2.05, 4.69) is 0 Å². The summed E-state index contributed by atoms with van der Waals surface area (Å²) in [7, 11) is 0. The van der Waals surface area contributed by atoms with Crippen LogP contribution in [0.15, 0.2) is 0 Å². The van der Waals surface area contributed by atoms with E-state index in [1.54, 1.807) is 0 Å². The first kappa shape index (κ1) is 58.0. The molecule has 0 aromatic heterocycles. The predicted molar refractivity (Wildman–Crippen MR) is 17.8 cm³/mol. The Labute approximate surface area is 72.3 Å². The van der Waals surface area contributed by atoms with Crippen LogP contribution in [0, 0.1) is 0 Å². The van der Waals surface area contributed by atoms with E-state index < -0.39 is 0 Å². The molecule has 5 heavy (non-hydrogen) atoms. The van der Waals surface area contributed by atoms with E-state index in [9.17, 15) is 0 Å². The number of rotatable bonds is 0. The Balaban J connectivity index is 0. The molecule has 0 aliphatic heterocycles. The van der Waals surface area contributed by atoms with Crippen molar-refractivity contribution in [3.05, 3.63) is 0 Å². The SMILES string of the molecule is C.P.[Cr].[Fe].[Mo]. The molecule has 0 aliphatic carbocycles. The summed E-state index contributed by atoms with van der Waals surface area (Å²) in [5, 5.41) is 0. The van der Waals surface area contributed by atoms with Crippen molar-refractivity contribution in [3.8, 4) is 0 Å². The maximum absolute atomic E-state index is 0. The maximum atomic E-state index is 0. The average Bonchev–Trinajstić information content (AvgIpc) is 0. The largest absolute Gasteiger partial charge is 0.153 e. The zero-order valence-electron chi connectivity index (χ0n) is 1.88. The van der Waals surface area contributed by atoms with Gasteiger partial charge in [0, 0.05) is 55.5 Å². The predicted octanol–water partition coefficient (Wildman–Crippen LogP) is 0.687. The summed E-state index contributed by atoms with van der Waals surface area (Å²) < 4.78 is 0. The van der Waals surface area contributed by atoms with E-state index in [4.69, 9.17) is 0 Å². The van der Waals surface area contributed by atoms with Crippen LogP contribution < -0.4 is 0 Å². The molecule has 0 aliphatic rings. The first-order valence-corrected chi connectivity index (χ1v) is 0. The molecule has 0 N–H and O–H groups in total. The minimum absolute atomic E-state index is 0. The van der Waals surface area contributed by atoms with E-state index >= 15 is 0 Å². The molecular weight excluding hydrogens is 247 g/mol. The quantitative estimate of drug-likeness (QED) is 0.440. The third kappa shape index (κ3) is 22.8. The van der Waals surface area contributed by atoms with Gasteiger partial charge >= 0.3 is 0 Å². The summed E-state index contributed by atoms with van der Waals surface area (Å²) in [4.78, 5) is 0. The van der Waals surface area contributed by atoms with Crippen LogP contribution in [0.5, 0.6) is 0 Å². The standard InChI is InChI=1S/CH4.Cr.Fe.Mo.H3P/h1H4;;;;1H3. The van der Waals surface area contributed by atoms with E-state index in [0.717, 1.165) is 0 Å². The van der Waals surface area contributed by atoms with Crippen LogP contribution in [0.4, 0.5) is 0 Å². The molecule has 0 fully saturated rings. The van der Waals surface area contributed by atoms with Crippen LogP contribution in [0.3, 0.4) is 0 Å². The van der Waals surface area contributed by atoms with Crippen molar-refractivity contribution in [2.75, 3.05) is 0 Å². The Morgan fingerprint density at radius 2 is 1.00 bits per heavy atom. The van der Waals surface area contributed by atoms with Crippen molar-refractivity contribution in [1.82, 2.24) is 0 Å². The van der Waals surface area contributed by atoms with Crippen LogP contribution in [0.2, 0.25) is 0 Å². The topological polar surface area (TPSA) is 0 Å². The van der Waals surface area contributed by atoms with E-state index in [1.807, 2.05) is 0 Å². The molecule has 0 saturated carbocycles. The van der Waals surface area contributed by atoms with Gasteiger partial charge in [0.1, 0.15) is 0 Å². The number of hydrogen-bond acceptors (Lipinski definition) is 0. The van der Waals surface area contributed by atoms with Gasteiger partial charge in [0.05, 0.1) is 0 Å². The van der Waals surface area contributed by atoms with Gasteiger partial charge in [0.25, 0.3) is 0 Å². The summed E-state index contributed by atoms with van der Waals surface area (Å²) in [5.74, 6) is 0. The van der Waals surface area contributed by atoms with E-state index in [-0.39, 0.29) is 72.8 Å². The van der Waals surface area contributed by atoms with Gasteiger partial charge < -0.3 is 0 Å². The first-order chi connectivity index (χ1) is 0. The summed E-state index contributed by atoms with van der Waals surface area (Å²) in [5.41, 5.74) is 0. The van der Waals surface area contributed by atoms with Crippen molar-refractivity contribution in [3.63, 3.8) is 0 Å². The summed E-state index contributed by atoms with van der Waals surface area (Å²) in [6.07, 6.45) is 0. The molecule has 0 aromatic carbocycles. The minimum Gasteiger partial charge on any atom is -0.153 e. The molecule has 1 unspecified atom stereocenters. The van der Waals surface area contributed by atoms with Crippen molar-refractivity contribution in [2.24, 2.45) is 0 Å². The number of hydrogen-bond donors (Lipinski definition) is 0. The molecule has 4 heteroatoms. The van der Waals surface area contributed by atoms with Crippen LogP contribution in [0.1, 0.15) is 7.43 Å². The monoisotopic (exact) mass is 256 g/mol. The fourth-order valence-corrected chi connectivity index (χ4v) is 0. The third-order valence-electron chi connectivity index (χ3n) is 0. The average molecular weight is 254 g/mol. The second-order valence-corrected chi connectivity index (χ2v) is 0. The van der Waals surface area contributed by atoms with Gasteiger partial charge in [-0.2, -0.15) is 9.90 Å². The molecule has 1 atom stereocenters. The van der Waals surface area contributed by atoms with Gasteiger partial charge in [-0.25, -0.2) is 0 Å². The van der Waals surface area contributed by atoms with Gasteiger partial charge in [0.2, 0.25) is 0 Å². The molecule has 0 spiro atoms.